The lowest BCUT2D eigenvalue weighted by Gasteiger charge is -2.25. The molecule has 2 aliphatic heterocycles. The first-order chi connectivity index (χ1) is 12.8. The van der Waals surface area contributed by atoms with Gasteiger partial charge in [0, 0.05) is 22.8 Å². The molecule has 5 heteroatoms. The molecule has 2 aliphatic rings. The third-order valence-electron chi connectivity index (χ3n) is 4.84. The van der Waals surface area contributed by atoms with Crippen LogP contribution in [0.25, 0.3) is 0 Å². The van der Waals surface area contributed by atoms with Crippen LogP contribution in [0.2, 0.25) is 0 Å². The number of carbonyl (C=O) groups excluding carboxylic acids is 1. The van der Waals surface area contributed by atoms with Gasteiger partial charge in [0.15, 0.2) is 0 Å². The van der Waals surface area contributed by atoms with Crippen LogP contribution in [-0.2, 0) is 4.74 Å². The smallest absolute Gasteiger partial charge is 0.251 e. The van der Waals surface area contributed by atoms with E-state index in [1.807, 2.05) is 48.2 Å². The van der Waals surface area contributed by atoms with E-state index in [4.69, 9.17) is 9.47 Å². The van der Waals surface area contributed by atoms with Gasteiger partial charge >= 0.3 is 0 Å². The molecule has 0 radical (unpaired) electrons. The molecular weight excluding hydrogens is 346 g/mol. The lowest BCUT2D eigenvalue weighted by atomic mass is 10.0. The molecule has 1 saturated heterocycles. The summed E-state index contributed by atoms with van der Waals surface area (Å²) in [6.07, 6.45) is 3.32. The number of carbonyl (C=O) groups is 1. The highest BCUT2D eigenvalue weighted by molar-refractivity contribution is 7.99. The number of benzene rings is 2. The maximum absolute atomic E-state index is 12.6. The predicted molar refractivity (Wildman–Crippen MR) is 103 cm³/mol. The summed E-state index contributed by atoms with van der Waals surface area (Å²) in [7, 11) is 0. The molecule has 4 rings (SSSR count). The van der Waals surface area contributed by atoms with Gasteiger partial charge in [-0.1, -0.05) is 18.2 Å². The van der Waals surface area contributed by atoms with Gasteiger partial charge in [-0.15, -0.1) is 11.8 Å². The van der Waals surface area contributed by atoms with E-state index in [1.165, 1.54) is 10.5 Å². The molecule has 0 aromatic heterocycles. The van der Waals surface area contributed by atoms with Crippen LogP contribution in [0.1, 0.15) is 41.2 Å². The van der Waals surface area contributed by atoms with Gasteiger partial charge in [-0.3, -0.25) is 4.79 Å². The lowest BCUT2D eigenvalue weighted by Crippen LogP contribution is -2.30. The summed E-state index contributed by atoms with van der Waals surface area (Å²) in [4.78, 5) is 13.9. The van der Waals surface area contributed by atoms with Gasteiger partial charge in [-0.05, 0) is 55.2 Å². The number of thioether (sulfide) groups is 1. The Labute approximate surface area is 158 Å². The summed E-state index contributed by atoms with van der Waals surface area (Å²) >= 11 is 1.86. The number of rotatable bonds is 5. The molecule has 0 spiro atoms. The molecule has 2 heterocycles. The van der Waals surface area contributed by atoms with Crippen LogP contribution in [-0.4, -0.2) is 31.0 Å². The average Bonchev–Trinajstić information content (AvgIpc) is 3.21. The van der Waals surface area contributed by atoms with Gasteiger partial charge in [0.05, 0.1) is 12.1 Å². The summed E-state index contributed by atoms with van der Waals surface area (Å²) in [6, 6.07) is 15.7. The molecule has 1 amide bonds. The lowest BCUT2D eigenvalue weighted by molar-refractivity contribution is 0.0679. The third-order valence-corrected chi connectivity index (χ3v) is 5.96. The quantitative estimate of drug-likeness (QED) is 0.858. The van der Waals surface area contributed by atoms with Gasteiger partial charge < -0.3 is 14.8 Å². The number of hydrogen-bond donors (Lipinski definition) is 1. The minimum Gasteiger partial charge on any atom is -0.491 e. The SMILES string of the molecule is O=C(N[C@H]1CCSc2ccccc21)c1ccc(OC[C@@H]2CCCO2)cc1. The molecule has 26 heavy (non-hydrogen) atoms. The highest BCUT2D eigenvalue weighted by Gasteiger charge is 2.22. The number of ether oxygens (including phenoxy) is 2. The summed E-state index contributed by atoms with van der Waals surface area (Å²) < 4.78 is 11.3. The summed E-state index contributed by atoms with van der Waals surface area (Å²) in [5.41, 5.74) is 1.87. The zero-order valence-electron chi connectivity index (χ0n) is 14.6. The fourth-order valence-corrected chi connectivity index (χ4v) is 4.53. The molecule has 2 atom stereocenters. The molecule has 0 unspecified atom stereocenters. The highest BCUT2D eigenvalue weighted by atomic mass is 32.2. The number of amides is 1. The fraction of sp³-hybridized carbons (Fsp3) is 0.381. The van der Waals surface area contributed by atoms with Crippen LogP contribution in [0, 0.1) is 0 Å². The van der Waals surface area contributed by atoms with Crippen LogP contribution in [0.5, 0.6) is 5.75 Å². The van der Waals surface area contributed by atoms with E-state index < -0.39 is 0 Å². The first-order valence-electron chi connectivity index (χ1n) is 9.16. The van der Waals surface area contributed by atoms with Gasteiger partial charge in [0.2, 0.25) is 0 Å². The Kier molecular flexibility index (Phi) is 5.46. The minimum atomic E-state index is -0.0395. The molecule has 4 nitrogen and oxygen atoms in total. The number of nitrogens with one attached hydrogen (secondary N) is 1. The molecular formula is C21H23NO3S. The molecule has 2 aromatic carbocycles. The Morgan fingerprint density at radius 2 is 2.00 bits per heavy atom. The molecule has 0 aliphatic carbocycles. The van der Waals surface area contributed by atoms with Crippen LogP contribution in [0.3, 0.4) is 0 Å². The molecule has 0 bridgehead atoms. The maximum Gasteiger partial charge on any atom is 0.251 e. The fourth-order valence-electron chi connectivity index (χ4n) is 3.40. The minimum absolute atomic E-state index is 0.0395. The van der Waals surface area contributed by atoms with Crippen molar-refractivity contribution in [2.75, 3.05) is 19.0 Å². The second kappa shape index (κ2) is 8.14. The van der Waals surface area contributed by atoms with Gasteiger partial charge in [0.25, 0.3) is 5.91 Å². The second-order valence-electron chi connectivity index (χ2n) is 6.67. The van der Waals surface area contributed by atoms with E-state index in [0.29, 0.717) is 12.2 Å². The average molecular weight is 369 g/mol. The predicted octanol–water partition coefficient (Wildman–Crippen LogP) is 4.21. The molecule has 1 N–H and O–H groups in total. The van der Waals surface area contributed by atoms with Crippen LogP contribution in [0.4, 0.5) is 0 Å². The van der Waals surface area contributed by atoms with Crippen molar-refractivity contribution in [2.45, 2.75) is 36.3 Å². The number of fused-ring (bicyclic) bond motifs is 1. The van der Waals surface area contributed by atoms with Crippen LogP contribution in [0.15, 0.2) is 53.4 Å². The Morgan fingerprint density at radius 1 is 1.15 bits per heavy atom. The zero-order valence-corrected chi connectivity index (χ0v) is 15.5. The zero-order chi connectivity index (χ0) is 17.8. The van der Waals surface area contributed by atoms with Crippen LogP contribution >= 0.6 is 11.8 Å². The highest BCUT2D eigenvalue weighted by Crippen LogP contribution is 2.35. The van der Waals surface area contributed by atoms with Crippen LogP contribution < -0.4 is 10.1 Å². The Morgan fingerprint density at radius 3 is 2.81 bits per heavy atom. The van der Waals surface area contributed by atoms with E-state index in [-0.39, 0.29) is 18.1 Å². The van der Waals surface area contributed by atoms with Crippen molar-refractivity contribution < 1.29 is 14.3 Å². The van der Waals surface area contributed by atoms with Crippen molar-refractivity contribution in [3.05, 3.63) is 59.7 Å². The van der Waals surface area contributed by atoms with Crippen molar-refractivity contribution in [1.29, 1.82) is 0 Å². The summed E-state index contributed by atoms with van der Waals surface area (Å²) in [5.74, 6) is 1.76. The first kappa shape index (κ1) is 17.4. The molecule has 1 fully saturated rings. The summed E-state index contributed by atoms with van der Waals surface area (Å²) in [5, 5.41) is 3.17. The number of hydrogen-bond acceptors (Lipinski definition) is 4. The Bertz CT molecular complexity index is 756. The standard InChI is InChI=1S/C21H23NO3S/c23-21(22-19-11-13-26-20-6-2-1-5-18(19)20)15-7-9-16(10-8-15)25-14-17-4-3-12-24-17/h1-2,5-10,17,19H,3-4,11-14H2,(H,22,23)/t17-,19-/m0/s1. The Hall–Kier alpha value is -1.98. The second-order valence-corrected chi connectivity index (χ2v) is 7.81. The van der Waals surface area contributed by atoms with Gasteiger partial charge in [-0.25, -0.2) is 0 Å². The van der Waals surface area contributed by atoms with E-state index in [0.717, 1.165) is 37.4 Å². The van der Waals surface area contributed by atoms with Crippen molar-refractivity contribution >= 4 is 17.7 Å². The van der Waals surface area contributed by atoms with E-state index in [1.54, 1.807) is 0 Å². The normalized spacial score (nSPS) is 21.8. The Balaban J connectivity index is 1.36. The summed E-state index contributed by atoms with van der Waals surface area (Å²) in [6.45, 7) is 1.40. The van der Waals surface area contributed by atoms with Crippen molar-refractivity contribution in [2.24, 2.45) is 0 Å². The van der Waals surface area contributed by atoms with E-state index >= 15 is 0 Å². The maximum atomic E-state index is 12.6. The van der Waals surface area contributed by atoms with Gasteiger partial charge in [0.1, 0.15) is 12.4 Å². The molecule has 2 aromatic rings. The van der Waals surface area contributed by atoms with E-state index in [9.17, 15) is 4.79 Å². The monoisotopic (exact) mass is 369 g/mol. The largest absolute Gasteiger partial charge is 0.491 e. The molecule has 0 saturated carbocycles. The van der Waals surface area contributed by atoms with Crippen molar-refractivity contribution in [3.8, 4) is 5.75 Å². The topological polar surface area (TPSA) is 47.6 Å². The first-order valence-corrected chi connectivity index (χ1v) is 10.2. The third kappa shape index (κ3) is 4.05. The van der Waals surface area contributed by atoms with Crippen molar-refractivity contribution in [3.63, 3.8) is 0 Å². The van der Waals surface area contributed by atoms with E-state index in [2.05, 4.69) is 17.4 Å². The molecule has 136 valence electrons. The van der Waals surface area contributed by atoms with Crippen molar-refractivity contribution in [1.82, 2.24) is 5.32 Å². The van der Waals surface area contributed by atoms with Gasteiger partial charge in [-0.2, -0.15) is 0 Å².